The zero-order valence-corrected chi connectivity index (χ0v) is 11.9. The molecule has 0 radical (unpaired) electrons. The number of rotatable bonds is 5. The van der Waals surface area contributed by atoms with E-state index >= 15 is 0 Å². The van der Waals surface area contributed by atoms with Crippen molar-refractivity contribution in [1.29, 1.82) is 5.26 Å². The Bertz CT molecular complexity index is 593. The largest absolute Gasteiger partial charge is 0.479 e. The Hall–Kier alpha value is -1.99. The van der Waals surface area contributed by atoms with Gasteiger partial charge in [-0.15, -0.1) is 0 Å². The molecule has 0 heterocycles. The quantitative estimate of drug-likeness (QED) is 0.908. The molecule has 1 N–H and O–H groups in total. The maximum Gasteiger partial charge on any atom is 0.174 e. The average molecular weight is 317 g/mol. The fourth-order valence-electron chi connectivity index (χ4n) is 1.66. The molecule has 2 rings (SSSR count). The Morgan fingerprint density at radius 3 is 2.79 bits per heavy atom. The van der Waals surface area contributed by atoms with E-state index in [1.165, 1.54) is 0 Å². The molecule has 0 aliphatic rings. The standard InChI is InChI=1S/C15H13BrN2O/c16-14-6-1-2-7-15(14)18-11-12-4-3-5-13(10-12)19-9-8-17/h1-7,10,18H,9,11H2. The first-order valence-electron chi connectivity index (χ1n) is 5.86. The number of halogens is 1. The predicted octanol–water partition coefficient (Wildman–Crippen LogP) is 3.96. The van der Waals surface area contributed by atoms with E-state index in [2.05, 4.69) is 21.2 Å². The van der Waals surface area contributed by atoms with E-state index in [4.69, 9.17) is 10.00 Å². The second kappa shape index (κ2) is 6.81. The Morgan fingerprint density at radius 2 is 2.00 bits per heavy atom. The third-order valence-corrected chi connectivity index (χ3v) is 3.25. The molecule has 0 saturated carbocycles. The molecular weight excluding hydrogens is 304 g/mol. The topological polar surface area (TPSA) is 45.0 Å². The fraction of sp³-hybridized carbons (Fsp3) is 0.133. The molecular formula is C15H13BrN2O. The molecule has 0 aliphatic heterocycles. The molecule has 2 aromatic carbocycles. The van der Waals surface area contributed by atoms with Gasteiger partial charge in [0.15, 0.2) is 6.61 Å². The third kappa shape index (κ3) is 4.01. The summed E-state index contributed by atoms with van der Waals surface area (Å²) in [7, 11) is 0. The summed E-state index contributed by atoms with van der Waals surface area (Å²) in [5.74, 6) is 0.716. The molecule has 0 fully saturated rings. The predicted molar refractivity (Wildman–Crippen MR) is 79.0 cm³/mol. The minimum atomic E-state index is 0.0706. The molecule has 0 spiro atoms. The van der Waals surface area contributed by atoms with Crippen molar-refractivity contribution in [3.63, 3.8) is 0 Å². The maximum absolute atomic E-state index is 8.49. The van der Waals surface area contributed by atoms with Gasteiger partial charge in [-0.1, -0.05) is 24.3 Å². The van der Waals surface area contributed by atoms with Gasteiger partial charge in [0.25, 0.3) is 0 Å². The molecule has 0 unspecified atom stereocenters. The summed E-state index contributed by atoms with van der Waals surface area (Å²) < 4.78 is 6.31. The SMILES string of the molecule is N#CCOc1cccc(CNc2ccccc2Br)c1. The van der Waals surface area contributed by atoms with Gasteiger partial charge < -0.3 is 10.1 Å². The van der Waals surface area contributed by atoms with Gasteiger partial charge in [-0.05, 0) is 45.8 Å². The molecule has 2 aromatic rings. The number of anilines is 1. The van der Waals surface area contributed by atoms with E-state index in [1.807, 2.05) is 54.6 Å². The minimum Gasteiger partial charge on any atom is -0.479 e. The summed E-state index contributed by atoms with van der Waals surface area (Å²) in [6.07, 6.45) is 0. The van der Waals surface area contributed by atoms with Crippen LogP contribution in [-0.4, -0.2) is 6.61 Å². The number of ether oxygens (including phenoxy) is 1. The van der Waals surface area contributed by atoms with Crippen LogP contribution in [0.15, 0.2) is 53.0 Å². The lowest BCUT2D eigenvalue weighted by Crippen LogP contribution is -2.01. The number of nitrogens with one attached hydrogen (secondary N) is 1. The van der Waals surface area contributed by atoms with Gasteiger partial charge in [0, 0.05) is 16.7 Å². The van der Waals surface area contributed by atoms with Gasteiger partial charge in [-0.25, -0.2) is 0 Å². The Labute approximate surface area is 121 Å². The van der Waals surface area contributed by atoms with Gasteiger partial charge >= 0.3 is 0 Å². The number of hydrogen-bond acceptors (Lipinski definition) is 3. The van der Waals surface area contributed by atoms with Crippen LogP contribution >= 0.6 is 15.9 Å². The molecule has 0 bridgehead atoms. The van der Waals surface area contributed by atoms with Crippen molar-refractivity contribution < 1.29 is 4.74 Å². The number of nitriles is 1. The molecule has 0 amide bonds. The highest BCUT2D eigenvalue weighted by atomic mass is 79.9. The van der Waals surface area contributed by atoms with Crippen LogP contribution in [0, 0.1) is 11.3 Å². The van der Waals surface area contributed by atoms with Gasteiger partial charge in [0.2, 0.25) is 0 Å². The van der Waals surface area contributed by atoms with E-state index in [0.717, 1.165) is 15.7 Å². The highest BCUT2D eigenvalue weighted by Gasteiger charge is 2.00. The van der Waals surface area contributed by atoms with Crippen molar-refractivity contribution in [2.75, 3.05) is 11.9 Å². The van der Waals surface area contributed by atoms with E-state index in [0.29, 0.717) is 12.3 Å². The van der Waals surface area contributed by atoms with Crippen LogP contribution < -0.4 is 10.1 Å². The van der Waals surface area contributed by atoms with Gasteiger partial charge in [-0.2, -0.15) is 5.26 Å². The Balaban J connectivity index is 2.00. The summed E-state index contributed by atoms with van der Waals surface area (Å²) in [4.78, 5) is 0. The molecule has 0 saturated heterocycles. The Kier molecular flexibility index (Phi) is 4.82. The molecule has 0 aromatic heterocycles. The second-order valence-corrected chi connectivity index (χ2v) is 4.78. The lowest BCUT2D eigenvalue weighted by Gasteiger charge is -2.09. The highest BCUT2D eigenvalue weighted by Crippen LogP contribution is 2.22. The lowest BCUT2D eigenvalue weighted by atomic mass is 10.2. The average Bonchev–Trinajstić information content (AvgIpc) is 2.45. The van der Waals surface area contributed by atoms with Crippen molar-refractivity contribution >= 4 is 21.6 Å². The van der Waals surface area contributed by atoms with Crippen LogP contribution in [0.3, 0.4) is 0 Å². The van der Waals surface area contributed by atoms with Crippen molar-refractivity contribution in [2.24, 2.45) is 0 Å². The summed E-state index contributed by atoms with van der Waals surface area (Å²) in [5, 5.41) is 11.8. The van der Waals surface area contributed by atoms with Crippen LogP contribution in [0.2, 0.25) is 0 Å². The van der Waals surface area contributed by atoms with Gasteiger partial charge in [0.1, 0.15) is 11.8 Å². The molecule has 0 aliphatic carbocycles. The van der Waals surface area contributed by atoms with Crippen LogP contribution in [0.25, 0.3) is 0 Å². The van der Waals surface area contributed by atoms with Gasteiger partial charge in [-0.3, -0.25) is 0 Å². The smallest absolute Gasteiger partial charge is 0.174 e. The summed E-state index contributed by atoms with van der Waals surface area (Å²) >= 11 is 3.50. The lowest BCUT2D eigenvalue weighted by molar-refractivity contribution is 0.368. The fourth-order valence-corrected chi connectivity index (χ4v) is 2.09. The normalized spacial score (nSPS) is 9.68. The monoisotopic (exact) mass is 316 g/mol. The van der Waals surface area contributed by atoms with E-state index < -0.39 is 0 Å². The third-order valence-electron chi connectivity index (χ3n) is 2.56. The van der Waals surface area contributed by atoms with E-state index in [9.17, 15) is 0 Å². The number of para-hydroxylation sites is 1. The number of hydrogen-bond donors (Lipinski definition) is 1. The van der Waals surface area contributed by atoms with E-state index in [1.54, 1.807) is 0 Å². The minimum absolute atomic E-state index is 0.0706. The van der Waals surface area contributed by atoms with Crippen molar-refractivity contribution in [3.8, 4) is 11.8 Å². The summed E-state index contributed by atoms with van der Waals surface area (Å²) in [6.45, 7) is 0.771. The van der Waals surface area contributed by atoms with Gasteiger partial charge in [0.05, 0.1) is 0 Å². The van der Waals surface area contributed by atoms with Crippen molar-refractivity contribution in [3.05, 3.63) is 58.6 Å². The first-order chi connectivity index (χ1) is 9.29. The first-order valence-corrected chi connectivity index (χ1v) is 6.66. The van der Waals surface area contributed by atoms with Crippen molar-refractivity contribution in [2.45, 2.75) is 6.54 Å². The zero-order valence-electron chi connectivity index (χ0n) is 10.3. The van der Waals surface area contributed by atoms with Crippen LogP contribution in [0.4, 0.5) is 5.69 Å². The zero-order chi connectivity index (χ0) is 13.5. The van der Waals surface area contributed by atoms with E-state index in [-0.39, 0.29) is 6.61 Å². The molecule has 0 atom stereocenters. The Morgan fingerprint density at radius 1 is 1.16 bits per heavy atom. The second-order valence-electron chi connectivity index (χ2n) is 3.93. The maximum atomic E-state index is 8.49. The van der Waals surface area contributed by atoms with Crippen molar-refractivity contribution in [1.82, 2.24) is 0 Å². The molecule has 3 nitrogen and oxygen atoms in total. The number of benzene rings is 2. The first kappa shape index (κ1) is 13.4. The highest BCUT2D eigenvalue weighted by molar-refractivity contribution is 9.10. The molecule has 19 heavy (non-hydrogen) atoms. The molecule has 96 valence electrons. The van der Waals surface area contributed by atoms with Crippen LogP contribution in [0.1, 0.15) is 5.56 Å². The number of nitrogens with zero attached hydrogens (tertiary/aromatic N) is 1. The summed E-state index contributed by atoms with van der Waals surface area (Å²) in [5.41, 5.74) is 2.15. The van der Waals surface area contributed by atoms with Crippen LogP contribution in [-0.2, 0) is 6.54 Å². The van der Waals surface area contributed by atoms with Crippen LogP contribution in [0.5, 0.6) is 5.75 Å². The summed E-state index contributed by atoms with van der Waals surface area (Å²) in [6, 6.07) is 17.6. The molecule has 4 heteroatoms.